The second-order valence-electron chi connectivity index (χ2n) is 6.97. The predicted molar refractivity (Wildman–Crippen MR) is 117 cm³/mol. The zero-order chi connectivity index (χ0) is 20.3. The maximum absolute atomic E-state index is 12.3. The molecule has 2 aromatic carbocycles. The highest BCUT2D eigenvalue weighted by Crippen LogP contribution is 2.26. The van der Waals surface area contributed by atoms with Crippen molar-refractivity contribution in [2.45, 2.75) is 25.5 Å². The van der Waals surface area contributed by atoms with Crippen LogP contribution in [0.3, 0.4) is 0 Å². The minimum Gasteiger partial charge on any atom is -0.378 e. The first-order chi connectivity index (χ1) is 13.3. The fourth-order valence-corrected chi connectivity index (χ4v) is 3.72. The Balaban J connectivity index is 1.60. The summed E-state index contributed by atoms with van der Waals surface area (Å²) in [7, 11) is 3.95. The predicted octanol–water partition coefficient (Wildman–Crippen LogP) is 3.62. The van der Waals surface area contributed by atoms with Gasteiger partial charge in [-0.2, -0.15) is 0 Å². The Hall–Kier alpha value is -2.80. The quantitative estimate of drug-likeness (QED) is 0.810. The van der Waals surface area contributed by atoms with E-state index in [0.29, 0.717) is 5.17 Å². The molecule has 1 atom stereocenters. The topological polar surface area (TPSA) is 73.8 Å². The number of anilines is 2. The van der Waals surface area contributed by atoms with Gasteiger partial charge in [-0.15, -0.1) is 0 Å². The number of nitrogens with zero attached hydrogens (tertiary/aromatic N) is 2. The monoisotopic (exact) mass is 396 g/mol. The average Bonchev–Trinajstić information content (AvgIpc) is 2.97. The number of amidine groups is 1. The number of amides is 2. The summed E-state index contributed by atoms with van der Waals surface area (Å²) in [5, 5.41) is 5.66. The SMILES string of the molecule is Cc1ccc(NC(=O)CC2SC(=Nc3ccc(N(C)C)cc3)NC2=O)cc1C. The third kappa shape index (κ3) is 4.92. The van der Waals surface area contributed by atoms with Gasteiger partial charge in [0.1, 0.15) is 5.25 Å². The number of nitrogens with one attached hydrogen (secondary N) is 2. The molecule has 2 amide bonds. The Morgan fingerprint density at radius 2 is 1.86 bits per heavy atom. The number of carbonyl (C=O) groups is 2. The molecule has 2 aromatic rings. The highest BCUT2D eigenvalue weighted by Gasteiger charge is 2.32. The van der Waals surface area contributed by atoms with Gasteiger partial charge in [0.2, 0.25) is 11.8 Å². The van der Waals surface area contributed by atoms with E-state index in [1.807, 2.05) is 75.3 Å². The number of hydrogen-bond donors (Lipinski definition) is 2. The molecule has 1 aliphatic rings. The largest absolute Gasteiger partial charge is 0.378 e. The molecule has 28 heavy (non-hydrogen) atoms. The van der Waals surface area contributed by atoms with Gasteiger partial charge in [-0.1, -0.05) is 17.8 Å². The molecule has 3 rings (SSSR count). The summed E-state index contributed by atoms with van der Waals surface area (Å²) < 4.78 is 0. The van der Waals surface area contributed by atoms with E-state index in [1.165, 1.54) is 17.3 Å². The third-order valence-corrected chi connectivity index (χ3v) is 5.62. The zero-order valence-electron chi connectivity index (χ0n) is 16.4. The van der Waals surface area contributed by atoms with Gasteiger partial charge in [0.05, 0.1) is 5.69 Å². The smallest absolute Gasteiger partial charge is 0.240 e. The van der Waals surface area contributed by atoms with Gasteiger partial charge in [0.25, 0.3) is 0 Å². The summed E-state index contributed by atoms with van der Waals surface area (Å²) >= 11 is 1.29. The second-order valence-corrected chi connectivity index (χ2v) is 8.17. The van der Waals surface area contributed by atoms with E-state index in [0.717, 1.165) is 22.6 Å². The second kappa shape index (κ2) is 8.48. The van der Waals surface area contributed by atoms with Gasteiger partial charge in [-0.05, 0) is 61.4 Å². The molecular formula is C21H24N4O2S. The van der Waals surface area contributed by atoms with Crippen LogP contribution in [-0.2, 0) is 9.59 Å². The van der Waals surface area contributed by atoms with Crippen molar-refractivity contribution in [2.75, 3.05) is 24.3 Å². The number of hydrogen-bond acceptors (Lipinski definition) is 5. The van der Waals surface area contributed by atoms with Crippen LogP contribution in [0.5, 0.6) is 0 Å². The van der Waals surface area contributed by atoms with Crippen molar-refractivity contribution in [3.05, 3.63) is 53.6 Å². The lowest BCUT2D eigenvalue weighted by molar-refractivity contribution is -0.122. The fourth-order valence-electron chi connectivity index (χ4n) is 2.73. The number of thioether (sulfide) groups is 1. The van der Waals surface area contributed by atoms with E-state index in [4.69, 9.17) is 0 Å². The maximum atomic E-state index is 12.3. The third-order valence-electron chi connectivity index (χ3n) is 4.53. The van der Waals surface area contributed by atoms with E-state index < -0.39 is 5.25 Å². The average molecular weight is 397 g/mol. The van der Waals surface area contributed by atoms with E-state index in [-0.39, 0.29) is 18.2 Å². The molecule has 146 valence electrons. The minimum absolute atomic E-state index is 0.0992. The molecule has 6 nitrogen and oxygen atoms in total. The Bertz CT molecular complexity index is 923. The van der Waals surface area contributed by atoms with Crippen LogP contribution in [0.4, 0.5) is 17.1 Å². The summed E-state index contributed by atoms with van der Waals surface area (Å²) in [5.74, 6) is -0.378. The molecule has 1 heterocycles. The molecule has 0 spiro atoms. The van der Waals surface area contributed by atoms with Crippen molar-refractivity contribution in [2.24, 2.45) is 4.99 Å². The van der Waals surface area contributed by atoms with E-state index in [9.17, 15) is 9.59 Å². The highest BCUT2D eigenvalue weighted by atomic mass is 32.2. The van der Waals surface area contributed by atoms with E-state index >= 15 is 0 Å². The molecule has 7 heteroatoms. The summed E-state index contributed by atoms with van der Waals surface area (Å²) in [4.78, 5) is 31.0. The van der Waals surface area contributed by atoms with Crippen molar-refractivity contribution in [1.29, 1.82) is 0 Å². The van der Waals surface area contributed by atoms with Crippen LogP contribution in [0.1, 0.15) is 17.5 Å². The van der Waals surface area contributed by atoms with Crippen LogP contribution in [0, 0.1) is 13.8 Å². The Morgan fingerprint density at radius 1 is 1.14 bits per heavy atom. The van der Waals surface area contributed by atoms with Crippen LogP contribution in [-0.4, -0.2) is 36.3 Å². The fraction of sp³-hybridized carbons (Fsp3) is 0.286. The van der Waals surface area contributed by atoms with Crippen LogP contribution in [0.2, 0.25) is 0 Å². The van der Waals surface area contributed by atoms with Crippen LogP contribution >= 0.6 is 11.8 Å². The van der Waals surface area contributed by atoms with Gasteiger partial charge in [-0.25, -0.2) is 4.99 Å². The van der Waals surface area contributed by atoms with Crippen molar-refractivity contribution in [1.82, 2.24) is 5.32 Å². The van der Waals surface area contributed by atoms with Crippen molar-refractivity contribution < 1.29 is 9.59 Å². The van der Waals surface area contributed by atoms with Gasteiger partial charge < -0.3 is 15.5 Å². The summed E-state index contributed by atoms with van der Waals surface area (Å²) in [6, 6.07) is 13.5. The van der Waals surface area contributed by atoms with Gasteiger partial charge in [0, 0.05) is 31.9 Å². The number of aryl methyl sites for hydroxylation is 2. The van der Waals surface area contributed by atoms with Crippen molar-refractivity contribution in [3.63, 3.8) is 0 Å². The van der Waals surface area contributed by atoms with Gasteiger partial charge in [-0.3, -0.25) is 9.59 Å². The Kier molecular flexibility index (Phi) is 6.04. The van der Waals surface area contributed by atoms with Crippen LogP contribution in [0.15, 0.2) is 47.5 Å². The Morgan fingerprint density at radius 3 is 2.50 bits per heavy atom. The van der Waals surface area contributed by atoms with Gasteiger partial charge >= 0.3 is 0 Å². The molecule has 1 saturated heterocycles. The Labute approximate surface area is 169 Å². The molecule has 0 saturated carbocycles. The lowest BCUT2D eigenvalue weighted by Gasteiger charge is -2.11. The number of benzene rings is 2. The number of rotatable bonds is 5. The highest BCUT2D eigenvalue weighted by molar-refractivity contribution is 8.15. The maximum Gasteiger partial charge on any atom is 0.240 e. The van der Waals surface area contributed by atoms with Crippen LogP contribution in [0.25, 0.3) is 0 Å². The zero-order valence-corrected chi connectivity index (χ0v) is 17.3. The van der Waals surface area contributed by atoms with E-state index in [2.05, 4.69) is 15.6 Å². The molecule has 0 aliphatic carbocycles. The molecule has 1 aliphatic heterocycles. The van der Waals surface area contributed by atoms with Crippen molar-refractivity contribution >= 4 is 45.8 Å². The number of aliphatic imine (C=N–C) groups is 1. The first-order valence-electron chi connectivity index (χ1n) is 9.02. The van der Waals surface area contributed by atoms with Gasteiger partial charge in [0.15, 0.2) is 5.17 Å². The number of carbonyl (C=O) groups excluding carboxylic acids is 2. The summed E-state index contributed by atoms with van der Waals surface area (Å²) in [6.45, 7) is 4.02. The lowest BCUT2D eigenvalue weighted by Crippen LogP contribution is -2.28. The van der Waals surface area contributed by atoms with Crippen molar-refractivity contribution in [3.8, 4) is 0 Å². The molecule has 1 fully saturated rings. The normalized spacial score (nSPS) is 17.5. The molecule has 2 N–H and O–H groups in total. The first-order valence-corrected chi connectivity index (χ1v) is 9.90. The van der Waals surface area contributed by atoms with E-state index in [1.54, 1.807) is 0 Å². The molecule has 1 unspecified atom stereocenters. The summed E-state index contributed by atoms with van der Waals surface area (Å²) in [6.07, 6.45) is 0.0992. The molecule has 0 aromatic heterocycles. The lowest BCUT2D eigenvalue weighted by atomic mass is 10.1. The molecular weight excluding hydrogens is 372 g/mol. The molecule has 0 radical (unpaired) electrons. The first kappa shape index (κ1) is 19.9. The minimum atomic E-state index is -0.480. The summed E-state index contributed by atoms with van der Waals surface area (Å²) in [5.41, 5.74) is 4.86. The standard InChI is InChI=1S/C21H24N4O2S/c1-13-5-6-16(11-14(13)2)22-19(26)12-18-20(27)24-21(28-18)23-15-7-9-17(10-8-15)25(3)4/h5-11,18H,12H2,1-4H3,(H,22,26)(H,23,24,27). The molecule has 0 bridgehead atoms. The van der Waals surface area contributed by atoms with Crippen LogP contribution < -0.4 is 15.5 Å².